The summed E-state index contributed by atoms with van der Waals surface area (Å²) in [6.07, 6.45) is 0. The number of carboxylic acid groups (broad SMARTS) is 1. The molecular formula is C19H21NO3. The van der Waals surface area contributed by atoms with Crippen LogP contribution < -0.4 is 0 Å². The number of rotatable bonds is 3. The first-order valence-electron chi connectivity index (χ1n) is 7.97. The Morgan fingerprint density at radius 3 is 2.48 bits per heavy atom. The second kappa shape index (κ2) is 6.03. The maximum absolute atomic E-state index is 12.7. The van der Waals surface area contributed by atoms with Gasteiger partial charge in [0.2, 0.25) is 5.91 Å². The lowest BCUT2D eigenvalue weighted by Gasteiger charge is -2.21. The van der Waals surface area contributed by atoms with E-state index in [1.54, 1.807) is 4.90 Å². The number of amides is 1. The fourth-order valence-electron chi connectivity index (χ4n) is 3.36. The van der Waals surface area contributed by atoms with Gasteiger partial charge in [-0.2, -0.15) is 0 Å². The number of benzene rings is 2. The molecule has 120 valence electrons. The van der Waals surface area contributed by atoms with Crippen LogP contribution in [-0.4, -0.2) is 35.0 Å². The smallest absolute Gasteiger partial charge is 0.308 e. The number of carboxylic acids is 1. The molecule has 1 N–H and O–H groups in total. The molecule has 3 rings (SSSR count). The highest BCUT2D eigenvalue weighted by molar-refractivity contribution is 5.88. The average Bonchev–Trinajstić information content (AvgIpc) is 2.95. The van der Waals surface area contributed by atoms with Gasteiger partial charge >= 0.3 is 5.97 Å². The van der Waals surface area contributed by atoms with Gasteiger partial charge in [-0.25, -0.2) is 0 Å². The van der Waals surface area contributed by atoms with E-state index in [0.29, 0.717) is 13.1 Å². The van der Waals surface area contributed by atoms with Crippen molar-refractivity contribution in [1.82, 2.24) is 4.90 Å². The molecule has 0 radical (unpaired) electrons. The van der Waals surface area contributed by atoms with Crippen LogP contribution in [0.15, 0.2) is 42.5 Å². The van der Waals surface area contributed by atoms with Crippen molar-refractivity contribution in [3.05, 3.63) is 48.0 Å². The summed E-state index contributed by atoms with van der Waals surface area (Å²) in [5.41, 5.74) is 0.972. The highest BCUT2D eigenvalue weighted by atomic mass is 16.4. The Morgan fingerprint density at radius 1 is 1.13 bits per heavy atom. The molecule has 2 aromatic carbocycles. The standard InChI is InChI=1S/C19H21NO3/c1-12-10-20(11-17(12)19(22)23)18(21)13(2)15-8-7-14-5-3-4-6-16(14)9-15/h3-9,12-13,17H,10-11H2,1-2H3,(H,22,23)/t12-,13?,17-/m1/s1. The van der Waals surface area contributed by atoms with E-state index in [-0.39, 0.29) is 17.7 Å². The third-order valence-electron chi connectivity index (χ3n) is 4.89. The molecule has 2 aromatic rings. The minimum absolute atomic E-state index is 0.000235. The van der Waals surface area contributed by atoms with Crippen molar-refractivity contribution in [3.63, 3.8) is 0 Å². The summed E-state index contributed by atoms with van der Waals surface area (Å²) in [4.78, 5) is 25.7. The van der Waals surface area contributed by atoms with E-state index in [4.69, 9.17) is 0 Å². The topological polar surface area (TPSA) is 57.6 Å². The summed E-state index contributed by atoms with van der Waals surface area (Å²) in [5.74, 6) is -1.52. The lowest BCUT2D eigenvalue weighted by Crippen LogP contribution is -2.33. The Bertz CT molecular complexity index is 755. The number of hydrogen-bond acceptors (Lipinski definition) is 2. The Morgan fingerprint density at radius 2 is 1.83 bits per heavy atom. The van der Waals surface area contributed by atoms with Crippen LogP contribution >= 0.6 is 0 Å². The maximum Gasteiger partial charge on any atom is 0.308 e. The molecule has 1 saturated heterocycles. The van der Waals surface area contributed by atoms with Crippen molar-refractivity contribution >= 4 is 22.6 Å². The van der Waals surface area contributed by atoms with Crippen LogP contribution in [-0.2, 0) is 9.59 Å². The second-order valence-electron chi connectivity index (χ2n) is 6.49. The lowest BCUT2D eigenvalue weighted by molar-refractivity contribution is -0.142. The quantitative estimate of drug-likeness (QED) is 0.947. The minimum Gasteiger partial charge on any atom is -0.481 e. The van der Waals surface area contributed by atoms with Crippen LogP contribution in [0, 0.1) is 11.8 Å². The monoisotopic (exact) mass is 311 g/mol. The lowest BCUT2D eigenvalue weighted by atomic mass is 9.96. The van der Waals surface area contributed by atoms with Gasteiger partial charge in [0.1, 0.15) is 0 Å². The largest absolute Gasteiger partial charge is 0.481 e. The van der Waals surface area contributed by atoms with Crippen LogP contribution in [0.4, 0.5) is 0 Å². The first kappa shape index (κ1) is 15.5. The Kier molecular flexibility index (Phi) is 4.07. The number of aliphatic carboxylic acids is 1. The predicted octanol–water partition coefficient (Wildman–Crippen LogP) is 3.12. The Hall–Kier alpha value is -2.36. The molecule has 0 bridgehead atoms. The van der Waals surface area contributed by atoms with E-state index < -0.39 is 11.9 Å². The molecular weight excluding hydrogens is 290 g/mol. The van der Waals surface area contributed by atoms with Crippen molar-refractivity contribution in [2.75, 3.05) is 13.1 Å². The number of nitrogens with zero attached hydrogens (tertiary/aromatic N) is 1. The van der Waals surface area contributed by atoms with E-state index in [1.165, 1.54) is 0 Å². The van der Waals surface area contributed by atoms with Gasteiger partial charge in [0.25, 0.3) is 0 Å². The second-order valence-corrected chi connectivity index (χ2v) is 6.49. The molecule has 0 aromatic heterocycles. The van der Waals surface area contributed by atoms with E-state index >= 15 is 0 Å². The number of likely N-dealkylation sites (tertiary alicyclic amines) is 1. The molecule has 1 aliphatic rings. The van der Waals surface area contributed by atoms with Gasteiger partial charge in [0.05, 0.1) is 11.8 Å². The molecule has 1 heterocycles. The molecule has 23 heavy (non-hydrogen) atoms. The Labute approximate surface area is 135 Å². The van der Waals surface area contributed by atoms with Crippen molar-refractivity contribution < 1.29 is 14.7 Å². The molecule has 0 spiro atoms. The van der Waals surface area contributed by atoms with Gasteiger partial charge in [-0.1, -0.05) is 49.4 Å². The van der Waals surface area contributed by atoms with Crippen molar-refractivity contribution in [1.29, 1.82) is 0 Å². The molecule has 4 nitrogen and oxygen atoms in total. The zero-order valence-electron chi connectivity index (χ0n) is 13.4. The summed E-state index contributed by atoms with van der Waals surface area (Å²) in [6.45, 7) is 4.62. The third kappa shape index (κ3) is 2.93. The SMILES string of the molecule is CC(C(=O)N1C[C@@H](C)[C@H](C(=O)O)C1)c1ccc2ccccc2c1. The number of carbonyl (C=O) groups is 2. The fraction of sp³-hybridized carbons (Fsp3) is 0.368. The average molecular weight is 311 g/mol. The van der Waals surface area contributed by atoms with Crippen LogP contribution in [0.5, 0.6) is 0 Å². The molecule has 4 heteroatoms. The van der Waals surface area contributed by atoms with Crippen molar-refractivity contribution in [2.24, 2.45) is 11.8 Å². The van der Waals surface area contributed by atoms with Gasteiger partial charge in [0.15, 0.2) is 0 Å². The summed E-state index contributed by atoms with van der Waals surface area (Å²) >= 11 is 0. The first-order chi connectivity index (χ1) is 11.0. The zero-order chi connectivity index (χ0) is 16.6. The summed E-state index contributed by atoms with van der Waals surface area (Å²) < 4.78 is 0. The van der Waals surface area contributed by atoms with E-state index in [9.17, 15) is 14.7 Å². The molecule has 0 saturated carbocycles. The molecule has 0 aliphatic carbocycles. The minimum atomic E-state index is -0.814. The molecule has 1 unspecified atom stereocenters. The summed E-state index contributed by atoms with van der Waals surface area (Å²) in [6, 6.07) is 14.1. The third-order valence-corrected chi connectivity index (χ3v) is 4.89. The zero-order valence-corrected chi connectivity index (χ0v) is 13.4. The highest BCUT2D eigenvalue weighted by Crippen LogP contribution is 2.28. The maximum atomic E-state index is 12.7. The van der Waals surface area contributed by atoms with Gasteiger partial charge in [0, 0.05) is 13.1 Å². The molecule has 3 atom stereocenters. The number of hydrogen-bond donors (Lipinski definition) is 1. The van der Waals surface area contributed by atoms with E-state index in [0.717, 1.165) is 16.3 Å². The molecule has 1 amide bonds. The van der Waals surface area contributed by atoms with E-state index in [1.807, 2.05) is 56.3 Å². The summed E-state index contributed by atoms with van der Waals surface area (Å²) in [5, 5.41) is 11.5. The first-order valence-corrected chi connectivity index (χ1v) is 7.97. The number of carbonyl (C=O) groups excluding carboxylic acids is 1. The van der Waals surface area contributed by atoms with Gasteiger partial charge in [-0.05, 0) is 29.2 Å². The van der Waals surface area contributed by atoms with E-state index in [2.05, 4.69) is 0 Å². The Balaban J connectivity index is 1.80. The normalized spacial score (nSPS) is 22.3. The van der Waals surface area contributed by atoms with Crippen LogP contribution in [0.25, 0.3) is 10.8 Å². The van der Waals surface area contributed by atoms with Crippen molar-refractivity contribution in [3.8, 4) is 0 Å². The number of fused-ring (bicyclic) bond motifs is 1. The molecule has 1 fully saturated rings. The highest BCUT2D eigenvalue weighted by Gasteiger charge is 2.38. The van der Waals surface area contributed by atoms with Gasteiger partial charge in [-0.15, -0.1) is 0 Å². The van der Waals surface area contributed by atoms with Crippen LogP contribution in [0.3, 0.4) is 0 Å². The summed E-state index contributed by atoms with van der Waals surface area (Å²) in [7, 11) is 0. The van der Waals surface area contributed by atoms with Crippen LogP contribution in [0.2, 0.25) is 0 Å². The predicted molar refractivity (Wildman–Crippen MR) is 89.2 cm³/mol. The fourth-order valence-corrected chi connectivity index (χ4v) is 3.36. The van der Waals surface area contributed by atoms with Gasteiger partial charge < -0.3 is 10.0 Å². The van der Waals surface area contributed by atoms with Crippen molar-refractivity contribution in [2.45, 2.75) is 19.8 Å². The molecule has 1 aliphatic heterocycles. The van der Waals surface area contributed by atoms with Crippen LogP contribution in [0.1, 0.15) is 25.3 Å². The van der Waals surface area contributed by atoms with Gasteiger partial charge in [-0.3, -0.25) is 9.59 Å².